The number of rotatable bonds is 3. The molecule has 1 aliphatic rings. The summed E-state index contributed by atoms with van der Waals surface area (Å²) in [4.78, 5) is 2.05. The molecule has 0 radical (unpaired) electrons. The van der Waals surface area contributed by atoms with Crippen molar-refractivity contribution < 1.29 is 8.78 Å². The highest BCUT2D eigenvalue weighted by Crippen LogP contribution is 2.28. The molecule has 1 fully saturated rings. The number of nitrogens with one attached hydrogen (secondary N) is 1. The Kier molecular flexibility index (Phi) is 8.28. The van der Waals surface area contributed by atoms with Crippen molar-refractivity contribution in [1.82, 2.24) is 10.2 Å². The summed E-state index contributed by atoms with van der Waals surface area (Å²) in [7, 11) is 0. The molecule has 114 valence electrons. The number of nitrogens with zero attached hydrogens (tertiary/aromatic N) is 1. The minimum Gasteiger partial charge on any atom is -0.314 e. The first kappa shape index (κ1) is 19.3. The van der Waals surface area contributed by atoms with Gasteiger partial charge in [-0.25, -0.2) is 8.78 Å². The predicted molar refractivity (Wildman–Crippen MR) is 83.0 cm³/mol. The number of hydrogen-bond acceptors (Lipinski definition) is 2. The maximum atomic E-state index is 14.1. The van der Waals surface area contributed by atoms with Crippen LogP contribution in [-0.2, 0) is 0 Å². The number of aryl methyl sites for hydroxylation is 1. The van der Waals surface area contributed by atoms with Crippen LogP contribution < -0.4 is 5.32 Å². The van der Waals surface area contributed by atoms with Crippen LogP contribution in [0.1, 0.15) is 17.2 Å². The highest BCUT2D eigenvalue weighted by atomic mass is 35.5. The Labute approximate surface area is 131 Å². The lowest BCUT2D eigenvalue weighted by Gasteiger charge is -2.33. The zero-order valence-corrected chi connectivity index (χ0v) is 13.0. The molecule has 0 saturated carbocycles. The van der Waals surface area contributed by atoms with Crippen molar-refractivity contribution in [2.75, 3.05) is 26.2 Å². The summed E-state index contributed by atoms with van der Waals surface area (Å²) in [6, 6.07) is 2.39. The summed E-state index contributed by atoms with van der Waals surface area (Å²) in [5.41, 5.74) is 0.584. The van der Waals surface area contributed by atoms with Crippen LogP contribution in [0.5, 0.6) is 0 Å². The van der Waals surface area contributed by atoms with E-state index in [1.807, 2.05) is 4.90 Å². The first-order chi connectivity index (χ1) is 8.65. The van der Waals surface area contributed by atoms with Crippen molar-refractivity contribution in [3.63, 3.8) is 0 Å². The molecule has 6 heteroatoms. The van der Waals surface area contributed by atoms with E-state index in [0.29, 0.717) is 5.56 Å². The SMILES string of the molecule is C=C[C@H](c1c(F)ccc(C)c1F)N1CCNCC1.Cl.Cl. The first-order valence-corrected chi connectivity index (χ1v) is 6.17. The van der Waals surface area contributed by atoms with Gasteiger partial charge in [-0.2, -0.15) is 0 Å². The molecule has 1 aromatic rings. The topological polar surface area (TPSA) is 15.3 Å². The van der Waals surface area contributed by atoms with Crippen LogP contribution in [0.25, 0.3) is 0 Å². The molecular formula is C14H20Cl2F2N2. The van der Waals surface area contributed by atoms with E-state index in [1.165, 1.54) is 12.1 Å². The molecule has 1 aliphatic heterocycles. The van der Waals surface area contributed by atoms with Crippen LogP contribution in [0, 0.1) is 18.6 Å². The summed E-state index contributed by atoms with van der Waals surface area (Å²) >= 11 is 0. The van der Waals surface area contributed by atoms with E-state index in [0.717, 1.165) is 26.2 Å². The molecule has 0 unspecified atom stereocenters. The van der Waals surface area contributed by atoms with E-state index in [2.05, 4.69) is 11.9 Å². The quantitative estimate of drug-likeness (QED) is 0.858. The second-order valence-corrected chi connectivity index (χ2v) is 4.56. The van der Waals surface area contributed by atoms with Gasteiger partial charge in [0.15, 0.2) is 0 Å². The fraction of sp³-hybridized carbons (Fsp3) is 0.429. The van der Waals surface area contributed by atoms with Crippen LogP contribution in [0.2, 0.25) is 0 Å². The van der Waals surface area contributed by atoms with Crippen molar-refractivity contribution in [3.05, 3.63) is 47.5 Å². The van der Waals surface area contributed by atoms with Gasteiger partial charge >= 0.3 is 0 Å². The monoisotopic (exact) mass is 324 g/mol. The Bertz CT molecular complexity index is 449. The van der Waals surface area contributed by atoms with Gasteiger partial charge in [0.2, 0.25) is 0 Å². The minimum atomic E-state index is -0.499. The van der Waals surface area contributed by atoms with Crippen LogP contribution in [0.3, 0.4) is 0 Å². The van der Waals surface area contributed by atoms with E-state index in [9.17, 15) is 8.78 Å². The largest absolute Gasteiger partial charge is 0.314 e. The summed E-state index contributed by atoms with van der Waals surface area (Å²) in [6.45, 7) is 8.58. The molecule has 0 amide bonds. The maximum absolute atomic E-state index is 14.1. The van der Waals surface area contributed by atoms with E-state index >= 15 is 0 Å². The number of piperazine rings is 1. The van der Waals surface area contributed by atoms with Gasteiger partial charge in [-0.15, -0.1) is 31.4 Å². The van der Waals surface area contributed by atoms with Crippen LogP contribution in [0.4, 0.5) is 8.78 Å². The molecule has 0 spiro atoms. The normalized spacial score (nSPS) is 16.8. The molecule has 1 N–H and O–H groups in total. The van der Waals surface area contributed by atoms with Gasteiger partial charge in [-0.3, -0.25) is 4.90 Å². The molecule has 0 aliphatic carbocycles. The van der Waals surface area contributed by atoms with Gasteiger partial charge in [-0.1, -0.05) is 12.1 Å². The molecule has 1 aromatic carbocycles. The summed E-state index contributed by atoms with van der Waals surface area (Å²) in [5.74, 6) is -0.958. The van der Waals surface area contributed by atoms with Crippen molar-refractivity contribution >= 4 is 24.8 Å². The highest BCUT2D eigenvalue weighted by molar-refractivity contribution is 5.85. The molecule has 0 bridgehead atoms. The van der Waals surface area contributed by atoms with Gasteiger partial charge in [0.05, 0.1) is 6.04 Å². The van der Waals surface area contributed by atoms with Crippen LogP contribution in [-0.4, -0.2) is 31.1 Å². The van der Waals surface area contributed by atoms with Gasteiger partial charge in [0.1, 0.15) is 11.6 Å². The molecule has 0 aromatic heterocycles. The zero-order chi connectivity index (χ0) is 13.1. The Morgan fingerprint density at radius 1 is 1.25 bits per heavy atom. The average molecular weight is 325 g/mol. The lowest BCUT2D eigenvalue weighted by molar-refractivity contribution is 0.197. The second kappa shape index (κ2) is 8.57. The van der Waals surface area contributed by atoms with Crippen LogP contribution in [0.15, 0.2) is 24.8 Å². The van der Waals surface area contributed by atoms with Crippen molar-refractivity contribution in [2.45, 2.75) is 13.0 Å². The minimum absolute atomic E-state index is 0. The molecule has 1 saturated heterocycles. The smallest absolute Gasteiger partial charge is 0.134 e. The average Bonchev–Trinajstić information content (AvgIpc) is 2.40. The molecular weight excluding hydrogens is 305 g/mol. The first-order valence-electron chi connectivity index (χ1n) is 6.17. The van der Waals surface area contributed by atoms with Gasteiger partial charge in [0, 0.05) is 31.7 Å². The van der Waals surface area contributed by atoms with Crippen molar-refractivity contribution in [3.8, 4) is 0 Å². The third-order valence-corrected chi connectivity index (χ3v) is 3.38. The Balaban J connectivity index is 0.00000180. The van der Waals surface area contributed by atoms with E-state index < -0.39 is 17.7 Å². The summed E-state index contributed by atoms with van der Waals surface area (Å²) in [5, 5.41) is 3.22. The van der Waals surface area contributed by atoms with Gasteiger partial charge in [0.25, 0.3) is 0 Å². The van der Waals surface area contributed by atoms with Crippen LogP contribution >= 0.6 is 24.8 Å². The summed E-state index contributed by atoms with van der Waals surface area (Å²) < 4.78 is 28.0. The molecule has 1 atom stereocenters. The van der Waals surface area contributed by atoms with E-state index in [1.54, 1.807) is 13.0 Å². The second-order valence-electron chi connectivity index (χ2n) is 4.56. The summed E-state index contributed by atoms with van der Waals surface area (Å²) in [6.07, 6.45) is 1.62. The third-order valence-electron chi connectivity index (χ3n) is 3.38. The Morgan fingerprint density at radius 2 is 1.85 bits per heavy atom. The molecule has 2 rings (SSSR count). The van der Waals surface area contributed by atoms with Gasteiger partial charge in [-0.05, 0) is 18.6 Å². The van der Waals surface area contributed by atoms with Gasteiger partial charge < -0.3 is 5.32 Å². The van der Waals surface area contributed by atoms with E-state index in [4.69, 9.17) is 0 Å². The lowest BCUT2D eigenvalue weighted by atomic mass is 10.0. The highest BCUT2D eigenvalue weighted by Gasteiger charge is 2.25. The predicted octanol–water partition coefficient (Wildman–Crippen LogP) is 3.25. The zero-order valence-electron chi connectivity index (χ0n) is 11.4. The van der Waals surface area contributed by atoms with Crippen molar-refractivity contribution in [1.29, 1.82) is 0 Å². The number of benzene rings is 1. The van der Waals surface area contributed by atoms with Crippen molar-refractivity contribution in [2.24, 2.45) is 0 Å². The fourth-order valence-corrected chi connectivity index (χ4v) is 2.36. The number of halogens is 4. The maximum Gasteiger partial charge on any atom is 0.134 e. The van der Waals surface area contributed by atoms with E-state index in [-0.39, 0.29) is 30.4 Å². The molecule has 20 heavy (non-hydrogen) atoms. The lowest BCUT2D eigenvalue weighted by Crippen LogP contribution is -2.45. The molecule has 1 heterocycles. The number of hydrogen-bond donors (Lipinski definition) is 1. The Morgan fingerprint density at radius 3 is 2.40 bits per heavy atom. The standard InChI is InChI=1S/C14H18F2N2.2ClH/c1-3-12(18-8-6-17-7-9-18)13-11(15)5-4-10(2)14(13)16;;/h3-5,12,17H,1,6-9H2,2H3;2*1H/t12-;;/m1../s1. The third kappa shape index (κ3) is 3.92. The Hall–Kier alpha value is -0.680. The fourth-order valence-electron chi connectivity index (χ4n) is 2.36. The molecule has 2 nitrogen and oxygen atoms in total.